The SMILES string of the molecule is Cc1cc(Cl)ccc1OCc1csc(C(=O)NC(C)C)c1. The van der Waals surface area contributed by atoms with Gasteiger partial charge in [-0.05, 0) is 56.0 Å². The second-order valence-corrected chi connectivity index (χ2v) is 6.49. The maximum Gasteiger partial charge on any atom is 0.261 e. The molecule has 0 saturated carbocycles. The summed E-state index contributed by atoms with van der Waals surface area (Å²) in [5, 5.41) is 5.52. The van der Waals surface area contributed by atoms with E-state index in [0.29, 0.717) is 16.5 Å². The van der Waals surface area contributed by atoms with Gasteiger partial charge in [0.1, 0.15) is 12.4 Å². The third kappa shape index (κ3) is 4.48. The van der Waals surface area contributed by atoms with E-state index in [1.807, 2.05) is 44.4 Å². The number of halogens is 1. The molecule has 1 aromatic carbocycles. The van der Waals surface area contributed by atoms with Gasteiger partial charge in [-0.3, -0.25) is 4.79 Å². The molecule has 0 aliphatic carbocycles. The van der Waals surface area contributed by atoms with Crippen molar-refractivity contribution in [3.8, 4) is 5.75 Å². The Morgan fingerprint density at radius 2 is 2.14 bits per heavy atom. The van der Waals surface area contributed by atoms with E-state index in [4.69, 9.17) is 16.3 Å². The minimum absolute atomic E-state index is 0.0380. The van der Waals surface area contributed by atoms with E-state index in [1.54, 1.807) is 6.07 Å². The van der Waals surface area contributed by atoms with Gasteiger partial charge in [-0.15, -0.1) is 11.3 Å². The highest BCUT2D eigenvalue weighted by molar-refractivity contribution is 7.12. The van der Waals surface area contributed by atoms with Crippen LogP contribution in [0.2, 0.25) is 5.02 Å². The number of benzene rings is 1. The lowest BCUT2D eigenvalue weighted by Crippen LogP contribution is -2.29. The molecule has 3 nitrogen and oxygen atoms in total. The third-order valence-electron chi connectivity index (χ3n) is 2.83. The second-order valence-electron chi connectivity index (χ2n) is 5.15. The van der Waals surface area contributed by atoms with Crippen molar-refractivity contribution in [3.05, 3.63) is 50.7 Å². The molecule has 2 rings (SSSR count). The van der Waals surface area contributed by atoms with Crippen LogP contribution in [0.5, 0.6) is 5.75 Å². The van der Waals surface area contributed by atoms with Crippen LogP contribution in [0.25, 0.3) is 0 Å². The van der Waals surface area contributed by atoms with Gasteiger partial charge in [-0.2, -0.15) is 0 Å². The number of aryl methyl sites for hydroxylation is 1. The summed E-state index contributed by atoms with van der Waals surface area (Å²) in [7, 11) is 0. The number of rotatable bonds is 5. The van der Waals surface area contributed by atoms with E-state index in [1.165, 1.54) is 11.3 Å². The maximum atomic E-state index is 11.9. The maximum absolute atomic E-state index is 11.9. The fourth-order valence-corrected chi connectivity index (χ4v) is 2.87. The molecule has 0 radical (unpaired) electrons. The summed E-state index contributed by atoms with van der Waals surface area (Å²) in [6.07, 6.45) is 0. The largest absolute Gasteiger partial charge is 0.489 e. The quantitative estimate of drug-likeness (QED) is 0.884. The third-order valence-corrected chi connectivity index (χ3v) is 4.04. The number of nitrogens with one attached hydrogen (secondary N) is 1. The molecular weight excluding hydrogens is 306 g/mol. The Balaban J connectivity index is 1.98. The van der Waals surface area contributed by atoms with Crippen molar-refractivity contribution in [2.75, 3.05) is 0 Å². The van der Waals surface area contributed by atoms with E-state index in [-0.39, 0.29) is 11.9 Å². The predicted octanol–water partition coefficient (Wildman–Crippen LogP) is 4.43. The first-order valence-corrected chi connectivity index (χ1v) is 7.98. The van der Waals surface area contributed by atoms with Crippen LogP contribution in [0.1, 0.15) is 34.6 Å². The van der Waals surface area contributed by atoms with E-state index >= 15 is 0 Å². The van der Waals surface area contributed by atoms with Crippen LogP contribution in [0.3, 0.4) is 0 Å². The molecule has 0 fully saturated rings. The number of hydrogen-bond donors (Lipinski definition) is 1. The average molecular weight is 324 g/mol. The predicted molar refractivity (Wildman–Crippen MR) is 87.4 cm³/mol. The molecule has 0 bridgehead atoms. The molecule has 0 atom stereocenters. The topological polar surface area (TPSA) is 38.3 Å². The lowest BCUT2D eigenvalue weighted by molar-refractivity contribution is 0.0947. The van der Waals surface area contributed by atoms with Crippen molar-refractivity contribution in [1.29, 1.82) is 0 Å². The number of hydrogen-bond acceptors (Lipinski definition) is 3. The van der Waals surface area contributed by atoms with Crippen molar-refractivity contribution < 1.29 is 9.53 Å². The van der Waals surface area contributed by atoms with Crippen LogP contribution in [0.15, 0.2) is 29.6 Å². The smallest absolute Gasteiger partial charge is 0.261 e. The van der Waals surface area contributed by atoms with E-state index in [9.17, 15) is 4.79 Å². The van der Waals surface area contributed by atoms with Crippen LogP contribution in [-0.2, 0) is 6.61 Å². The Kier molecular flexibility index (Phi) is 5.26. The molecular formula is C16H18ClNO2S. The fraction of sp³-hybridized carbons (Fsp3) is 0.312. The van der Waals surface area contributed by atoms with Crippen molar-refractivity contribution in [3.63, 3.8) is 0 Å². The molecule has 1 N–H and O–H groups in total. The van der Waals surface area contributed by atoms with Gasteiger partial charge in [0.2, 0.25) is 0 Å². The van der Waals surface area contributed by atoms with Crippen molar-refractivity contribution in [2.45, 2.75) is 33.4 Å². The van der Waals surface area contributed by atoms with Crippen LogP contribution < -0.4 is 10.1 Å². The molecule has 0 unspecified atom stereocenters. The molecule has 2 aromatic rings. The summed E-state index contributed by atoms with van der Waals surface area (Å²) in [4.78, 5) is 12.6. The zero-order valence-electron chi connectivity index (χ0n) is 12.3. The molecule has 0 aliphatic heterocycles. The zero-order chi connectivity index (χ0) is 15.4. The van der Waals surface area contributed by atoms with E-state index < -0.39 is 0 Å². The number of carbonyl (C=O) groups is 1. The summed E-state index contributed by atoms with van der Waals surface area (Å²) in [5.41, 5.74) is 1.98. The average Bonchev–Trinajstić information content (AvgIpc) is 2.86. The molecule has 1 heterocycles. The Hall–Kier alpha value is -1.52. The van der Waals surface area contributed by atoms with Gasteiger partial charge >= 0.3 is 0 Å². The molecule has 21 heavy (non-hydrogen) atoms. The fourth-order valence-electron chi connectivity index (χ4n) is 1.84. The van der Waals surface area contributed by atoms with Crippen LogP contribution >= 0.6 is 22.9 Å². The van der Waals surface area contributed by atoms with Gasteiger partial charge in [-0.25, -0.2) is 0 Å². The summed E-state index contributed by atoms with van der Waals surface area (Å²) in [5.74, 6) is 0.766. The number of carbonyl (C=O) groups excluding carboxylic acids is 1. The first-order valence-electron chi connectivity index (χ1n) is 6.73. The minimum Gasteiger partial charge on any atom is -0.489 e. The normalized spacial score (nSPS) is 10.7. The molecule has 0 spiro atoms. The number of thiophene rings is 1. The zero-order valence-corrected chi connectivity index (χ0v) is 13.8. The Morgan fingerprint density at radius 3 is 2.81 bits per heavy atom. The highest BCUT2D eigenvalue weighted by Gasteiger charge is 2.10. The van der Waals surface area contributed by atoms with Crippen LogP contribution in [0, 0.1) is 6.92 Å². The Bertz CT molecular complexity index is 637. The van der Waals surface area contributed by atoms with Crippen LogP contribution in [-0.4, -0.2) is 11.9 Å². The molecule has 1 amide bonds. The summed E-state index contributed by atoms with van der Waals surface area (Å²) in [6.45, 7) is 6.28. The first kappa shape index (κ1) is 15.9. The van der Waals surface area contributed by atoms with Gasteiger partial charge in [0.05, 0.1) is 4.88 Å². The standard InChI is InChI=1S/C16H18ClNO2S/c1-10(2)18-16(19)15-7-12(9-21-15)8-20-14-5-4-13(17)6-11(14)3/h4-7,9-10H,8H2,1-3H3,(H,18,19). The Labute approximate surface area is 133 Å². The van der Waals surface area contributed by atoms with E-state index in [0.717, 1.165) is 16.9 Å². The van der Waals surface area contributed by atoms with Crippen LogP contribution in [0.4, 0.5) is 0 Å². The first-order chi connectivity index (χ1) is 9.95. The van der Waals surface area contributed by atoms with E-state index in [2.05, 4.69) is 5.32 Å². The van der Waals surface area contributed by atoms with Gasteiger partial charge < -0.3 is 10.1 Å². The van der Waals surface area contributed by atoms with Gasteiger partial charge in [-0.1, -0.05) is 11.6 Å². The highest BCUT2D eigenvalue weighted by atomic mass is 35.5. The molecule has 5 heteroatoms. The molecule has 112 valence electrons. The minimum atomic E-state index is -0.0380. The molecule has 0 aliphatic rings. The lowest BCUT2D eigenvalue weighted by atomic mass is 10.2. The van der Waals surface area contributed by atoms with Crippen molar-refractivity contribution >= 4 is 28.8 Å². The van der Waals surface area contributed by atoms with Gasteiger partial charge in [0.25, 0.3) is 5.91 Å². The summed E-state index contributed by atoms with van der Waals surface area (Å²) >= 11 is 7.34. The Morgan fingerprint density at radius 1 is 1.38 bits per heavy atom. The number of amides is 1. The number of ether oxygens (including phenoxy) is 1. The molecule has 0 saturated heterocycles. The monoisotopic (exact) mass is 323 g/mol. The van der Waals surface area contributed by atoms with Crippen molar-refractivity contribution in [2.24, 2.45) is 0 Å². The second kappa shape index (κ2) is 6.96. The summed E-state index contributed by atoms with van der Waals surface area (Å²) < 4.78 is 5.77. The molecule has 1 aromatic heterocycles. The highest BCUT2D eigenvalue weighted by Crippen LogP contribution is 2.23. The van der Waals surface area contributed by atoms with Gasteiger partial charge in [0, 0.05) is 16.6 Å². The van der Waals surface area contributed by atoms with Gasteiger partial charge in [0.15, 0.2) is 0 Å². The summed E-state index contributed by atoms with van der Waals surface area (Å²) in [6, 6.07) is 7.53. The lowest BCUT2D eigenvalue weighted by Gasteiger charge is -2.08. The van der Waals surface area contributed by atoms with Crippen molar-refractivity contribution in [1.82, 2.24) is 5.32 Å².